The lowest BCUT2D eigenvalue weighted by Crippen LogP contribution is -2.03. The minimum atomic E-state index is -0.632. The second-order valence-electron chi connectivity index (χ2n) is 6.74. The van der Waals surface area contributed by atoms with Crippen molar-refractivity contribution in [3.05, 3.63) is 79.0 Å². The standard InChI is InChI=1S/C23H15N3O6S/c1-30-17-5-3-13(21(10-17)31-2)7-15(11-24)22-25-19(12-33-22)18-9-14-8-16(26(28)29)4-6-20(14)32-23(18)27/h3-10,12H,1-2H3. The van der Waals surface area contributed by atoms with E-state index in [0.717, 1.165) is 0 Å². The molecule has 0 aliphatic carbocycles. The minimum Gasteiger partial charge on any atom is -0.497 e. The van der Waals surface area contributed by atoms with Gasteiger partial charge in [-0.2, -0.15) is 5.26 Å². The number of nitro benzene ring substituents is 1. The number of thiazole rings is 1. The van der Waals surface area contributed by atoms with E-state index in [1.807, 2.05) is 0 Å². The van der Waals surface area contributed by atoms with Crippen LogP contribution in [0.5, 0.6) is 11.5 Å². The van der Waals surface area contributed by atoms with Gasteiger partial charge >= 0.3 is 5.63 Å². The van der Waals surface area contributed by atoms with Gasteiger partial charge in [0.15, 0.2) is 0 Å². The summed E-state index contributed by atoms with van der Waals surface area (Å²) >= 11 is 1.18. The third-order valence-electron chi connectivity index (χ3n) is 4.80. The zero-order valence-electron chi connectivity index (χ0n) is 17.4. The topological polar surface area (TPSA) is 128 Å². The van der Waals surface area contributed by atoms with Gasteiger partial charge in [-0.15, -0.1) is 11.3 Å². The molecule has 0 amide bonds. The molecule has 4 aromatic rings. The maximum absolute atomic E-state index is 12.5. The Morgan fingerprint density at radius 3 is 2.73 bits per heavy atom. The average molecular weight is 461 g/mol. The van der Waals surface area contributed by atoms with Gasteiger partial charge in [-0.05, 0) is 30.3 Å². The zero-order valence-corrected chi connectivity index (χ0v) is 18.2. The Morgan fingerprint density at radius 2 is 2.03 bits per heavy atom. The van der Waals surface area contributed by atoms with Crippen molar-refractivity contribution >= 4 is 39.6 Å². The molecule has 0 radical (unpaired) electrons. The highest BCUT2D eigenvalue weighted by atomic mass is 32.1. The number of hydrogen-bond acceptors (Lipinski definition) is 9. The number of nitrogens with zero attached hydrogens (tertiary/aromatic N) is 3. The number of non-ortho nitro benzene ring substituents is 1. The first-order valence-electron chi connectivity index (χ1n) is 9.46. The van der Waals surface area contributed by atoms with Crippen molar-refractivity contribution in [3.63, 3.8) is 0 Å². The molecule has 4 rings (SSSR count). The maximum Gasteiger partial charge on any atom is 0.345 e. The third-order valence-corrected chi connectivity index (χ3v) is 5.67. The molecule has 10 heteroatoms. The molecule has 0 aliphatic heterocycles. The number of methoxy groups -OCH3 is 2. The van der Waals surface area contributed by atoms with Gasteiger partial charge < -0.3 is 13.9 Å². The van der Waals surface area contributed by atoms with Crippen molar-refractivity contribution in [3.8, 4) is 28.8 Å². The smallest absolute Gasteiger partial charge is 0.345 e. The highest BCUT2D eigenvalue weighted by molar-refractivity contribution is 7.11. The van der Waals surface area contributed by atoms with E-state index < -0.39 is 10.5 Å². The van der Waals surface area contributed by atoms with Crippen LogP contribution in [0.2, 0.25) is 0 Å². The van der Waals surface area contributed by atoms with E-state index in [1.54, 1.807) is 36.8 Å². The molecule has 2 heterocycles. The fourth-order valence-electron chi connectivity index (χ4n) is 3.16. The highest BCUT2D eigenvalue weighted by Crippen LogP contribution is 2.31. The van der Waals surface area contributed by atoms with Crippen LogP contribution in [0.15, 0.2) is 57.1 Å². The van der Waals surface area contributed by atoms with Crippen molar-refractivity contribution in [2.24, 2.45) is 0 Å². The number of aromatic nitrogens is 1. The normalized spacial score (nSPS) is 11.2. The quantitative estimate of drug-likeness (QED) is 0.171. The molecular weight excluding hydrogens is 446 g/mol. The third kappa shape index (κ3) is 4.30. The Kier molecular flexibility index (Phi) is 5.89. The van der Waals surface area contributed by atoms with Crippen molar-refractivity contribution in [2.75, 3.05) is 14.2 Å². The summed E-state index contributed by atoms with van der Waals surface area (Å²) in [6.45, 7) is 0. The molecule has 0 spiro atoms. The molecule has 2 aromatic heterocycles. The monoisotopic (exact) mass is 461 g/mol. The molecular formula is C23H15N3O6S. The van der Waals surface area contributed by atoms with Crippen LogP contribution in [0.3, 0.4) is 0 Å². The van der Waals surface area contributed by atoms with Gasteiger partial charge in [-0.25, -0.2) is 9.78 Å². The molecule has 0 unspecified atom stereocenters. The maximum atomic E-state index is 12.5. The summed E-state index contributed by atoms with van der Waals surface area (Å²) in [5.74, 6) is 1.14. The first kappa shape index (κ1) is 21.7. The summed E-state index contributed by atoms with van der Waals surface area (Å²) in [5.41, 5.74) is 0.857. The van der Waals surface area contributed by atoms with Crippen LogP contribution in [0.1, 0.15) is 10.6 Å². The second kappa shape index (κ2) is 8.94. The molecule has 0 atom stereocenters. The number of fused-ring (bicyclic) bond motifs is 1. The van der Waals surface area contributed by atoms with Gasteiger partial charge in [0.1, 0.15) is 28.2 Å². The molecule has 0 N–H and O–H groups in total. The average Bonchev–Trinajstić information content (AvgIpc) is 3.31. The van der Waals surface area contributed by atoms with E-state index in [2.05, 4.69) is 11.1 Å². The molecule has 33 heavy (non-hydrogen) atoms. The lowest BCUT2D eigenvalue weighted by Gasteiger charge is -2.07. The van der Waals surface area contributed by atoms with Crippen LogP contribution < -0.4 is 15.1 Å². The molecule has 0 saturated carbocycles. The van der Waals surface area contributed by atoms with Gasteiger partial charge in [-0.1, -0.05) is 0 Å². The Bertz CT molecular complexity index is 1510. The van der Waals surface area contributed by atoms with Gasteiger partial charge in [0.25, 0.3) is 5.69 Å². The largest absolute Gasteiger partial charge is 0.497 e. The fourth-order valence-corrected chi connectivity index (χ4v) is 3.94. The van der Waals surface area contributed by atoms with Crippen molar-refractivity contribution in [1.82, 2.24) is 4.98 Å². The Hall–Kier alpha value is -4.49. The minimum absolute atomic E-state index is 0.121. The first-order valence-corrected chi connectivity index (χ1v) is 10.3. The predicted octanol–water partition coefficient (Wildman–Crippen LogP) is 4.91. The molecule has 0 aliphatic rings. The lowest BCUT2D eigenvalue weighted by atomic mass is 10.1. The predicted molar refractivity (Wildman–Crippen MR) is 123 cm³/mol. The summed E-state index contributed by atoms with van der Waals surface area (Å²) in [6.07, 6.45) is 1.63. The van der Waals surface area contributed by atoms with Crippen molar-refractivity contribution < 1.29 is 18.8 Å². The first-order chi connectivity index (χ1) is 15.9. The van der Waals surface area contributed by atoms with Crippen LogP contribution in [0, 0.1) is 21.4 Å². The van der Waals surface area contributed by atoms with E-state index in [4.69, 9.17) is 13.9 Å². The van der Waals surface area contributed by atoms with Crippen LogP contribution in [-0.4, -0.2) is 24.1 Å². The number of nitriles is 1. The number of nitro groups is 1. The number of ether oxygens (including phenoxy) is 2. The SMILES string of the molecule is COc1ccc(C=C(C#N)c2nc(-c3cc4cc([N+](=O)[O-])ccc4oc3=O)cs2)c(OC)c1. The number of rotatable bonds is 6. The number of allylic oxidation sites excluding steroid dienone is 1. The van der Waals surface area contributed by atoms with Crippen LogP contribution in [0.4, 0.5) is 5.69 Å². The Morgan fingerprint density at radius 1 is 1.21 bits per heavy atom. The van der Waals surface area contributed by atoms with Crippen LogP contribution in [-0.2, 0) is 0 Å². The number of hydrogen-bond donors (Lipinski definition) is 0. The van der Waals surface area contributed by atoms with E-state index in [-0.39, 0.29) is 22.4 Å². The van der Waals surface area contributed by atoms with E-state index in [9.17, 15) is 20.2 Å². The zero-order chi connectivity index (χ0) is 23.5. The summed E-state index contributed by atoms with van der Waals surface area (Å²) in [7, 11) is 3.06. The van der Waals surface area contributed by atoms with Gasteiger partial charge in [0, 0.05) is 34.5 Å². The molecule has 2 aromatic carbocycles. The van der Waals surface area contributed by atoms with Gasteiger partial charge in [0.2, 0.25) is 0 Å². The van der Waals surface area contributed by atoms with E-state index in [0.29, 0.717) is 33.2 Å². The molecule has 164 valence electrons. The number of benzene rings is 2. The summed E-state index contributed by atoms with van der Waals surface area (Å²) < 4.78 is 15.9. The molecule has 0 bridgehead atoms. The van der Waals surface area contributed by atoms with Crippen molar-refractivity contribution in [2.45, 2.75) is 0 Å². The second-order valence-corrected chi connectivity index (χ2v) is 7.60. The van der Waals surface area contributed by atoms with Gasteiger partial charge in [-0.3, -0.25) is 10.1 Å². The fraction of sp³-hybridized carbons (Fsp3) is 0.0870. The Labute approximate surface area is 190 Å². The molecule has 9 nitrogen and oxygen atoms in total. The van der Waals surface area contributed by atoms with Gasteiger partial charge in [0.05, 0.1) is 36.0 Å². The van der Waals surface area contributed by atoms with Crippen LogP contribution in [0.25, 0.3) is 33.9 Å². The molecule has 0 fully saturated rings. The summed E-state index contributed by atoms with van der Waals surface area (Å²) in [6, 6.07) is 12.8. The lowest BCUT2D eigenvalue weighted by molar-refractivity contribution is -0.384. The van der Waals surface area contributed by atoms with Crippen molar-refractivity contribution in [1.29, 1.82) is 5.26 Å². The summed E-state index contributed by atoms with van der Waals surface area (Å²) in [5, 5.41) is 23.2. The highest BCUT2D eigenvalue weighted by Gasteiger charge is 2.16. The van der Waals surface area contributed by atoms with E-state index in [1.165, 1.54) is 42.7 Å². The summed E-state index contributed by atoms with van der Waals surface area (Å²) in [4.78, 5) is 27.5. The Balaban J connectivity index is 1.75. The van der Waals surface area contributed by atoms with E-state index >= 15 is 0 Å². The molecule has 0 saturated heterocycles. The van der Waals surface area contributed by atoms with Crippen LogP contribution >= 0.6 is 11.3 Å².